The van der Waals surface area contributed by atoms with E-state index in [4.69, 9.17) is 0 Å². The molecule has 23 heavy (non-hydrogen) atoms. The lowest BCUT2D eigenvalue weighted by atomic mass is 10.1. The van der Waals surface area contributed by atoms with Crippen molar-refractivity contribution >= 4 is 5.52 Å². The van der Waals surface area contributed by atoms with E-state index < -0.39 is 6.10 Å². The van der Waals surface area contributed by atoms with Crippen molar-refractivity contribution in [2.75, 3.05) is 0 Å². The highest BCUT2D eigenvalue weighted by atomic mass is 16.3. The number of para-hydroxylation sites is 1. The summed E-state index contributed by atoms with van der Waals surface area (Å²) in [5.41, 5.74) is 4.05. The Morgan fingerprint density at radius 2 is 1.91 bits per heavy atom. The van der Waals surface area contributed by atoms with Crippen LogP contribution in [0.5, 0.6) is 0 Å². The minimum atomic E-state index is -0.870. The second kappa shape index (κ2) is 5.33. The largest absolute Gasteiger partial charge is 0.380 e. The lowest BCUT2D eigenvalue weighted by Gasteiger charge is -2.13. The fourth-order valence-corrected chi connectivity index (χ4v) is 2.71. The molecular weight excluding hydrogens is 290 g/mol. The monoisotopic (exact) mass is 305 g/mol. The lowest BCUT2D eigenvalue weighted by molar-refractivity contribution is 0.208. The van der Waals surface area contributed by atoms with Crippen LogP contribution in [0.25, 0.3) is 11.2 Å². The minimum absolute atomic E-state index is 0.498. The molecule has 0 aliphatic rings. The van der Waals surface area contributed by atoms with Gasteiger partial charge in [0.15, 0.2) is 0 Å². The quantitative estimate of drug-likeness (QED) is 0.630. The lowest BCUT2D eigenvalue weighted by Crippen LogP contribution is -2.08. The van der Waals surface area contributed by atoms with Crippen molar-refractivity contribution < 1.29 is 5.11 Å². The van der Waals surface area contributed by atoms with E-state index in [2.05, 4.69) is 15.3 Å². The highest BCUT2D eigenvalue weighted by molar-refractivity contribution is 5.49. The zero-order chi connectivity index (χ0) is 15.8. The number of benzene rings is 1. The molecule has 1 atom stereocenters. The van der Waals surface area contributed by atoms with E-state index in [1.807, 2.05) is 53.8 Å². The minimum Gasteiger partial charge on any atom is -0.380 e. The highest BCUT2D eigenvalue weighted by Gasteiger charge is 2.20. The van der Waals surface area contributed by atoms with Gasteiger partial charge in [0.05, 0.1) is 35.6 Å². The van der Waals surface area contributed by atoms with Crippen molar-refractivity contribution in [3.05, 3.63) is 78.1 Å². The molecule has 6 heteroatoms. The van der Waals surface area contributed by atoms with Gasteiger partial charge in [-0.3, -0.25) is 4.40 Å². The van der Waals surface area contributed by atoms with Crippen LogP contribution in [0, 0.1) is 6.92 Å². The van der Waals surface area contributed by atoms with Crippen molar-refractivity contribution in [3.63, 3.8) is 0 Å². The van der Waals surface area contributed by atoms with Gasteiger partial charge in [-0.15, -0.1) is 5.10 Å². The summed E-state index contributed by atoms with van der Waals surface area (Å²) < 4.78 is 3.53. The number of imidazole rings is 1. The molecule has 0 saturated heterocycles. The van der Waals surface area contributed by atoms with Crippen LogP contribution in [0.4, 0.5) is 0 Å². The SMILES string of the molecule is Cc1ccc2cncn2c1C(O)c1cn(-c2ccccc2)nn1. The Morgan fingerprint density at radius 3 is 2.74 bits per heavy atom. The Labute approximate surface area is 132 Å². The Morgan fingerprint density at radius 1 is 1.09 bits per heavy atom. The van der Waals surface area contributed by atoms with E-state index in [1.165, 1.54) is 0 Å². The number of rotatable bonds is 3. The average Bonchev–Trinajstić information content (AvgIpc) is 3.24. The predicted molar refractivity (Wildman–Crippen MR) is 85.3 cm³/mol. The first-order valence-corrected chi connectivity index (χ1v) is 7.31. The first kappa shape index (κ1) is 13.7. The van der Waals surface area contributed by atoms with Crippen molar-refractivity contribution in [2.45, 2.75) is 13.0 Å². The fourth-order valence-electron chi connectivity index (χ4n) is 2.71. The van der Waals surface area contributed by atoms with Gasteiger partial charge < -0.3 is 5.11 Å². The van der Waals surface area contributed by atoms with Crippen LogP contribution in [0.3, 0.4) is 0 Å². The van der Waals surface area contributed by atoms with E-state index in [-0.39, 0.29) is 0 Å². The molecule has 0 saturated carbocycles. The van der Waals surface area contributed by atoms with Crippen LogP contribution < -0.4 is 0 Å². The first-order valence-electron chi connectivity index (χ1n) is 7.31. The number of nitrogens with zero attached hydrogens (tertiary/aromatic N) is 5. The van der Waals surface area contributed by atoms with Gasteiger partial charge in [-0.1, -0.05) is 29.5 Å². The zero-order valence-electron chi connectivity index (χ0n) is 12.5. The van der Waals surface area contributed by atoms with Gasteiger partial charge in [-0.2, -0.15) is 0 Å². The fraction of sp³-hybridized carbons (Fsp3) is 0.118. The summed E-state index contributed by atoms with van der Waals surface area (Å²) in [6, 6.07) is 13.6. The van der Waals surface area contributed by atoms with Crippen LogP contribution in [0.15, 0.2) is 61.2 Å². The van der Waals surface area contributed by atoms with Gasteiger partial charge in [0.1, 0.15) is 11.8 Å². The third-order valence-electron chi connectivity index (χ3n) is 3.91. The highest BCUT2D eigenvalue weighted by Crippen LogP contribution is 2.25. The molecule has 1 unspecified atom stereocenters. The topological polar surface area (TPSA) is 68.2 Å². The number of pyridine rings is 1. The van der Waals surface area contributed by atoms with Gasteiger partial charge in [0, 0.05) is 0 Å². The summed E-state index contributed by atoms with van der Waals surface area (Å²) in [6.07, 6.45) is 4.33. The van der Waals surface area contributed by atoms with E-state index >= 15 is 0 Å². The summed E-state index contributed by atoms with van der Waals surface area (Å²) >= 11 is 0. The summed E-state index contributed by atoms with van der Waals surface area (Å²) in [7, 11) is 0. The molecule has 0 spiro atoms. The summed E-state index contributed by atoms with van der Waals surface area (Å²) in [6.45, 7) is 1.96. The van der Waals surface area contributed by atoms with Crippen LogP contribution in [0.1, 0.15) is 23.1 Å². The third kappa shape index (κ3) is 2.29. The molecule has 6 nitrogen and oxygen atoms in total. The number of aliphatic hydroxyl groups excluding tert-OH is 1. The second-order valence-electron chi connectivity index (χ2n) is 5.42. The van der Waals surface area contributed by atoms with Crippen LogP contribution >= 0.6 is 0 Å². The summed E-state index contributed by atoms with van der Waals surface area (Å²) in [4.78, 5) is 4.14. The Kier molecular flexibility index (Phi) is 3.17. The third-order valence-corrected chi connectivity index (χ3v) is 3.91. The normalized spacial score (nSPS) is 12.6. The molecule has 1 aromatic carbocycles. The van der Waals surface area contributed by atoms with Crippen LogP contribution in [-0.4, -0.2) is 29.5 Å². The first-order chi connectivity index (χ1) is 11.2. The number of fused-ring (bicyclic) bond motifs is 1. The number of hydrogen-bond acceptors (Lipinski definition) is 4. The maximum Gasteiger partial charge on any atom is 0.140 e. The summed E-state index contributed by atoms with van der Waals surface area (Å²) in [5, 5.41) is 19.0. The van der Waals surface area contributed by atoms with E-state index in [0.29, 0.717) is 5.69 Å². The number of aliphatic hydroxyl groups is 1. The van der Waals surface area contributed by atoms with Gasteiger partial charge >= 0.3 is 0 Å². The maximum absolute atomic E-state index is 10.8. The molecule has 0 aliphatic carbocycles. The van der Waals surface area contributed by atoms with Crippen LogP contribution in [-0.2, 0) is 0 Å². The van der Waals surface area contributed by atoms with Crippen molar-refractivity contribution in [1.29, 1.82) is 0 Å². The van der Waals surface area contributed by atoms with Crippen molar-refractivity contribution in [2.24, 2.45) is 0 Å². The molecule has 4 aromatic rings. The maximum atomic E-state index is 10.8. The van der Waals surface area contributed by atoms with Gasteiger partial charge in [0.25, 0.3) is 0 Å². The molecule has 1 N–H and O–H groups in total. The zero-order valence-corrected chi connectivity index (χ0v) is 12.5. The Balaban J connectivity index is 1.77. The molecule has 0 radical (unpaired) electrons. The smallest absolute Gasteiger partial charge is 0.140 e. The standard InChI is InChI=1S/C17H15N5O/c1-12-7-8-14-9-18-11-21(14)16(12)17(23)15-10-22(20-19-15)13-5-3-2-4-6-13/h2-11,17,23H,1H3. The predicted octanol–water partition coefficient (Wildman–Crippen LogP) is 2.31. The molecule has 0 bridgehead atoms. The number of aryl methyl sites for hydroxylation is 1. The van der Waals surface area contributed by atoms with Gasteiger partial charge in [0.2, 0.25) is 0 Å². The van der Waals surface area contributed by atoms with Gasteiger partial charge in [-0.05, 0) is 30.7 Å². The average molecular weight is 305 g/mol. The Hall–Kier alpha value is -2.99. The van der Waals surface area contributed by atoms with Crippen molar-refractivity contribution in [1.82, 2.24) is 24.4 Å². The molecule has 114 valence electrons. The number of hydrogen-bond donors (Lipinski definition) is 1. The molecule has 0 aliphatic heterocycles. The molecule has 0 fully saturated rings. The molecule has 3 aromatic heterocycles. The molecule has 0 amide bonds. The second-order valence-corrected chi connectivity index (χ2v) is 5.42. The van der Waals surface area contributed by atoms with Gasteiger partial charge in [-0.25, -0.2) is 9.67 Å². The Bertz CT molecular complexity index is 957. The van der Waals surface area contributed by atoms with E-state index in [9.17, 15) is 5.11 Å². The van der Waals surface area contributed by atoms with Crippen molar-refractivity contribution in [3.8, 4) is 5.69 Å². The number of aromatic nitrogens is 5. The van der Waals surface area contributed by atoms with Crippen LogP contribution in [0.2, 0.25) is 0 Å². The van der Waals surface area contributed by atoms with E-state index in [1.54, 1.807) is 23.4 Å². The summed E-state index contributed by atoms with van der Waals surface area (Å²) in [5.74, 6) is 0. The molecule has 4 rings (SSSR count). The molecular formula is C17H15N5O. The van der Waals surface area contributed by atoms with E-state index in [0.717, 1.165) is 22.5 Å². The molecule has 3 heterocycles.